The molecule has 1 heterocycles. The normalized spacial score (nSPS) is 11.4. The number of halogens is 4. The summed E-state index contributed by atoms with van der Waals surface area (Å²) in [6.07, 6.45) is -4.08. The van der Waals surface area contributed by atoms with Crippen LogP contribution in [0.3, 0.4) is 0 Å². The van der Waals surface area contributed by atoms with E-state index in [2.05, 4.69) is 10.3 Å². The first-order valence-corrected chi connectivity index (χ1v) is 9.12. The van der Waals surface area contributed by atoms with Gasteiger partial charge in [-0.1, -0.05) is 41.9 Å². The highest BCUT2D eigenvalue weighted by atomic mass is 35.5. The zero-order valence-corrected chi connectivity index (χ0v) is 15.7. The number of carbonyl (C=O) groups excluding carboxylic acids is 1. The van der Waals surface area contributed by atoms with Crippen molar-refractivity contribution in [3.05, 3.63) is 80.8 Å². The molecular weight excluding hydrogens is 397 g/mol. The summed E-state index contributed by atoms with van der Waals surface area (Å²) in [6, 6.07) is 11.8. The maximum Gasteiger partial charge on any atom is 0.416 e. The molecule has 8 heteroatoms. The molecule has 1 N–H and O–H groups in total. The van der Waals surface area contributed by atoms with Crippen LogP contribution in [-0.4, -0.2) is 10.9 Å². The SMILES string of the molecule is Cc1nc(NC(=O)c2ccccc2Cl)sc1Cc1cccc(C(F)(F)F)c1. The molecule has 2 aromatic carbocycles. The first kappa shape index (κ1) is 19.4. The van der Waals surface area contributed by atoms with E-state index in [4.69, 9.17) is 11.6 Å². The third-order valence-electron chi connectivity index (χ3n) is 3.85. The Kier molecular flexibility index (Phi) is 5.53. The highest BCUT2D eigenvalue weighted by Crippen LogP contribution is 2.31. The molecule has 1 aromatic heterocycles. The molecular formula is C19H14ClF3N2OS. The summed E-state index contributed by atoms with van der Waals surface area (Å²) in [6.45, 7) is 1.75. The molecule has 0 aliphatic rings. The highest BCUT2D eigenvalue weighted by molar-refractivity contribution is 7.15. The van der Waals surface area contributed by atoms with Crippen LogP contribution < -0.4 is 5.32 Å². The zero-order chi connectivity index (χ0) is 19.6. The van der Waals surface area contributed by atoms with Crippen LogP contribution in [0.2, 0.25) is 5.02 Å². The summed E-state index contributed by atoms with van der Waals surface area (Å²) >= 11 is 7.24. The Morgan fingerprint density at radius 2 is 1.93 bits per heavy atom. The van der Waals surface area contributed by atoms with Crippen molar-refractivity contribution in [3.63, 3.8) is 0 Å². The van der Waals surface area contributed by atoms with E-state index in [0.717, 1.165) is 17.0 Å². The van der Waals surface area contributed by atoms with Crippen molar-refractivity contribution in [2.24, 2.45) is 0 Å². The summed E-state index contributed by atoms with van der Waals surface area (Å²) in [5.41, 5.74) is 0.827. The van der Waals surface area contributed by atoms with Gasteiger partial charge >= 0.3 is 6.18 Å². The number of thiazole rings is 1. The highest BCUT2D eigenvalue weighted by Gasteiger charge is 2.30. The smallest absolute Gasteiger partial charge is 0.298 e. The van der Waals surface area contributed by atoms with E-state index in [0.29, 0.717) is 33.4 Å². The second-order valence-electron chi connectivity index (χ2n) is 5.84. The quantitative estimate of drug-likeness (QED) is 0.576. The lowest BCUT2D eigenvalue weighted by atomic mass is 10.1. The van der Waals surface area contributed by atoms with Crippen LogP contribution >= 0.6 is 22.9 Å². The Hall–Kier alpha value is -2.38. The monoisotopic (exact) mass is 410 g/mol. The summed E-state index contributed by atoms with van der Waals surface area (Å²) < 4.78 is 38.6. The fraction of sp³-hybridized carbons (Fsp3) is 0.158. The van der Waals surface area contributed by atoms with Crippen LogP contribution in [-0.2, 0) is 12.6 Å². The fourth-order valence-corrected chi connectivity index (χ4v) is 3.71. The van der Waals surface area contributed by atoms with Crippen LogP contribution in [0, 0.1) is 6.92 Å². The molecule has 0 spiro atoms. The minimum atomic E-state index is -4.38. The van der Waals surface area contributed by atoms with Crippen LogP contribution in [0.1, 0.15) is 32.1 Å². The Balaban J connectivity index is 1.77. The lowest BCUT2D eigenvalue weighted by molar-refractivity contribution is -0.137. The Labute approximate surface area is 162 Å². The number of aromatic nitrogens is 1. The summed E-state index contributed by atoms with van der Waals surface area (Å²) in [5.74, 6) is -0.389. The average Bonchev–Trinajstić information content (AvgIpc) is 2.93. The third-order valence-corrected chi connectivity index (χ3v) is 5.25. The van der Waals surface area contributed by atoms with Crippen molar-refractivity contribution in [1.29, 1.82) is 0 Å². The molecule has 1 amide bonds. The summed E-state index contributed by atoms with van der Waals surface area (Å²) in [5, 5.41) is 3.39. The Morgan fingerprint density at radius 1 is 1.19 bits per heavy atom. The number of benzene rings is 2. The molecule has 3 nitrogen and oxygen atoms in total. The molecule has 0 aliphatic carbocycles. The average molecular weight is 411 g/mol. The van der Waals surface area contributed by atoms with Gasteiger partial charge in [-0.15, -0.1) is 11.3 Å². The Bertz CT molecular complexity index is 985. The van der Waals surface area contributed by atoms with Gasteiger partial charge in [-0.3, -0.25) is 10.1 Å². The van der Waals surface area contributed by atoms with Crippen molar-refractivity contribution in [1.82, 2.24) is 4.98 Å². The molecule has 140 valence electrons. The summed E-state index contributed by atoms with van der Waals surface area (Å²) in [7, 11) is 0. The standard InChI is InChI=1S/C19H14ClF3N2OS/c1-11-16(10-12-5-4-6-13(9-12)19(21,22)23)27-18(24-11)25-17(26)14-7-2-3-8-15(14)20/h2-9H,10H2,1H3,(H,24,25,26). The number of amides is 1. The molecule has 3 rings (SSSR count). The van der Waals surface area contributed by atoms with Crippen LogP contribution in [0.15, 0.2) is 48.5 Å². The lowest BCUT2D eigenvalue weighted by Gasteiger charge is -2.08. The third kappa shape index (κ3) is 4.67. The second-order valence-corrected chi connectivity index (χ2v) is 7.33. The first-order chi connectivity index (χ1) is 12.7. The van der Waals surface area contributed by atoms with Gasteiger partial charge in [-0.25, -0.2) is 4.98 Å². The minimum absolute atomic E-state index is 0.301. The number of nitrogens with one attached hydrogen (secondary N) is 1. The number of alkyl halides is 3. The number of aryl methyl sites for hydroxylation is 1. The number of carbonyl (C=O) groups is 1. The number of hydrogen-bond acceptors (Lipinski definition) is 3. The van der Waals surface area contributed by atoms with E-state index >= 15 is 0 Å². The first-order valence-electron chi connectivity index (χ1n) is 7.92. The number of rotatable bonds is 4. The number of nitrogens with zero attached hydrogens (tertiary/aromatic N) is 1. The summed E-state index contributed by atoms with van der Waals surface area (Å²) in [4.78, 5) is 17.4. The number of anilines is 1. The molecule has 0 saturated carbocycles. The lowest BCUT2D eigenvalue weighted by Crippen LogP contribution is -2.12. The van der Waals surface area contributed by atoms with Gasteiger partial charge in [-0.2, -0.15) is 13.2 Å². The van der Waals surface area contributed by atoms with Gasteiger partial charge in [0.2, 0.25) is 0 Å². The van der Waals surface area contributed by atoms with Crippen LogP contribution in [0.5, 0.6) is 0 Å². The van der Waals surface area contributed by atoms with E-state index in [9.17, 15) is 18.0 Å². The van der Waals surface area contributed by atoms with E-state index < -0.39 is 11.7 Å². The molecule has 0 fully saturated rings. The molecule has 0 saturated heterocycles. The van der Waals surface area contributed by atoms with Gasteiger partial charge in [0.1, 0.15) is 0 Å². The molecule has 0 radical (unpaired) electrons. The van der Waals surface area contributed by atoms with Crippen LogP contribution in [0.25, 0.3) is 0 Å². The largest absolute Gasteiger partial charge is 0.416 e. The van der Waals surface area contributed by atoms with Crippen molar-refractivity contribution in [3.8, 4) is 0 Å². The predicted octanol–water partition coefficient (Wildman–Crippen LogP) is 5.97. The maximum absolute atomic E-state index is 12.9. The molecule has 3 aromatic rings. The Morgan fingerprint density at radius 3 is 2.63 bits per heavy atom. The zero-order valence-electron chi connectivity index (χ0n) is 14.1. The van der Waals surface area contributed by atoms with Gasteiger partial charge in [0.15, 0.2) is 5.13 Å². The van der Waals surface area contributed by atoms with Gasteiger partial charge in [0.25, 0.3) is 5.91 Å². The van der Waals surface area contributed by atoms with Gasteiger partial charge in [0.05, 0.1) is 21.8 Å². The molecule has 0 bridgehead atoms. The second kappa shape index (κ2) is 7.70. The predicted molar refractivity (Wildman–Crippen MR) is 101 cm³/mol. The van der Waals surface area contributed by atoms with Crippen molar-refractivity contribution in [2.75, 3.05) is 5.32 Å². The minimum Gasteiger partial charge on any atom is -0.298 e. The van der Waals surface area contributed by atoms with Crippen molar-refractivity contribution >= 4 is 34.0 Å². The van der Waals surface area contributed by atoms with Gasteiger partial charge in [0, 0.05) is 11.3 Å². The van der Waals surface area contributed by atoms with E-state index in [1.807, 2.05) is 0 Å². The van der Waals surface area contributed by atoms with E-state index in [1.54, 1.807) is 37.3 Å². The van der Waals surface area contributed by atoms with Crippen LogP contribution in [0.4, 0.5) is 18.3 Å². The number of hydrogen-bond donors (Lipinski definition) is 1. The maximum atomic E-state index is 12.9. The topological polar surface area (TPSA) is 42.0 Å². The van der Waals surface area contributed by atoms with E-state index in [-0.39, 0.29) is 5.91 Å². The molecule has 0 unspecified atom stereocenters. The van der Waals surface area contributed by atoms with Gasteiger partial charge in [-0.05, 0) is 30.7 Å². The van der Waals surface area contributed by atoms with E-state index in [1.165, 1.54) is 17.4 Å². The molecule has 0 atom stereocenters. The molecule has 27 heavy (non-hydrogen) atoms. The molecule has 0 aliphatic heterocycles. The fourth-order valence-electron chi connectivity index (χ4n) is 2.50. The van der Waals surface area contributed by atoms with Crippen molar-refractivity contribution in [2.45, 2.75) is 19.5 Å². The van der Waals surface area contributed by atoms with Crippen molar-refractivity contribution < 1.29 is 18.0 Å². The van der Waals surface area contributed by atoms with Gasteiger partial charge < -0.3 is 0 Å².